The maximum absolute atomic E-state index is 11.7. The van der Waals surface area contributed by atoms with Crippen molar-refractivity contribution < 1.29 is 19.0 Å². The number of benzene rings is 1. The Morgan fingerprint density at radius 3 is 2.68 bits per heavy atom. The summed E-state index contributed by atoms with van der Waals surface area (Å²) in [6.07, 6.45) is 5.57. The summed E-state index contributed by atoms with van der Waals surface area (Å²) in [5.41, 5.74) is 1.21. The Bertz CT molecular complexity index is 744. The molecule has 2 heterocycles. The van der Waals surface area contributed by atoms with Crippen molar-refractivity contribution in [3.63, 3.8) is 0 Å². The molecule has 8 heteroatoms. The summed E-state index contributed by atoms with van der Waals surface area (Å²) >= 11 is 0. The quantitative estimate of drug-likeness (QED) is 0.478. The third-order valence-electron chi connectivity index (χ3n) is 5.92. The first-order valence-corrected chi connectivity index (χ1v) is 11.4. The molecule has 0 bridgehead atoms. The third kappa shape index (κ3) is 6.58. The molecule has 3 aliphatic rings. The number of carbonyl (C=O) groups is 1. The third-order valence-corrected chi connectivity index (χ3v) is 5.92. The fraction of sp³-hybridized carbons (Fsp3) is 0.652. The van der Waals surface area contributed by atoms with Crippen LogP contribution in [0.5, 0.6) is 5.75 Å². The zero-order chi connectivity index (χ0) is 21.5. The first kappa shape index (κ1) is 21.9. The van der Waals surface area contributed by atoms with E-state index in [1.165, 1.54) is 5.56 Å². The van der Waals surface area contributed by atoms with E-state index in [0.717, 1.165) is 64.3 Å². The van der Waals surface area contributed by atoms with Crippen molar-refractivity contribution in [3.05, 3.63) is 29.8 Å². The van der Waals surface area contributed by atoms with Gasteiger partial charge in [0.2, 0.25) is 0 Å². The number of nitrogens with one attached hydrogen (secondary N) is 2. The summed E-state index contributed by atoms with van der Waals surface area (Å²) in [7, 11) is 1.82. The van der Waals surface area contributed by atoms with Gasteiger partial charge in [-0.15, -0.1) is 0 Å². The smallest absolute Gasteiger partial charge is 0.258 e. The van der Waals surface area contributed by atoms with Crippen LogP contribution in [0, 0.1) is 0 Å². The highest BCUT2D eigenvalue weighted by Crippen LogP contribution is 2.21. The minimum atomic E-state index is -0.0491. The summed E-state index contributed by atoms with van der Waals surface area (Å²) in [6.45, 7) is 4.05. The minimum absolute atomic E-state index is 0.0491. The molecular weight excluding hydrogens is 396 g/mol. The highest BCUT2D eigenvalue weighted by atomic mass is 16.5. The van der Waals surface area contributed by atoms with Crippen molar-refractivity contribution >= 4 is 11.9 Å². The largest absolute Gasteiger partial charge is 0.484 e. The lowest BCUT2D eigenvalue weighted by atomic mass is 10.1. The zero-order valence-corrected chi connectivity index (χ0v) is 18.3. The van der Waals surface area contributed by atoms with E-state index in [4.69, 9.17) is 14.2 Å². The fourth-order valence-electron chi connectivity index (χ4n) is 4.04. The van der Waals surface area contributed by atoms with Gasteiger partial charge < -0.3 is 29.7 Å². The number of guanidine groups is 1. The molecule has 31 heavy (non-hydrogen) atoms. The van der Waals surface area contributed by atoms with Crippen molar-refractivity contribution in [1.29, 1.82) is 0 Å². The van der Waals surface area contributed by atoms with E-state index >= 15 is 0 Å². The van der Waals surface area contributed by atoms with Gasteiger partial charge in [-0.05, 0) is 49.8 Å². The fourth-order valence-corrected chi connectivity index (χ4v) is 4.04. The molecule has 1 saturated carbocycles. The van der Waals surface area contributed by atoms with E-state index in [1.807, 2.05) is 31.3 Å². The highest BCUT2D eigenvalue weighted by molar-refractivity contribution is 5.80. The standard InChI is InChI=1S/C23H34N4O4/c1-24-23(27-12-14-30-21(15-27)20-3-2-13-29-20)25-11-10-17-4-8-19(9-5-17)31-16-22(28)26-18-6-7-18/h4-5,8-9,18,20-21H,2-3,6-7,10-16H2,1H3,(H,24,25)(H,26,28). The van der Waals surface area contributed by atoms with Crippen LogP contribution >= 0.6 is 0 Å². The van der Waals surface area contributed by atoms with Crippen molar-refractivity contribution in [3.8, 4) is 5.75 Å². The highest BCUT2D eigenvalue weighted by Gasteiger charge is 2.32. The van der Waals surface area contributed by atoms with Crippen LogP contribution in [0.25, 0.3) is 0 Å². The maximum Gasteiger partial charge on any atom is 0.258 e. The lowest BCUT2D eigenvalue weighted by molar-refractivity contribution is -0.123. The Hall–Kier alpha value is -2.32. The van der Waals surface area contributed by atoms with E-state index < -0.39 is 0 Å². The molecule has 8 nitrogen and oxygen atoms in total. The lowest BCUT2D eigenvalue weighted by Gasteiger charge is -2.37. The average Bonchev–Trinajstić information content (AvgIpc) is 3.44. The molecule has 1 aromatic carbocycles. The van der Waals surface area contributed by atoms with Gasteiger partial charge in [0.05, 0.1) is 12.7 Å². The predicted molar refractivity (Wildman–Crippen MR) is 118 cm³/mol. The van der Waals surface area contributed by atoms with Gasteiger partial charge in [-0.1, -0.05) is 12.1 Å². The van der Waals surface area contributed by atoms with Gasteiger partial charge in [0.25, 0.3) is 5.91 Å². The SMILES string of the molecule is CN=C(NCCc1ccc(OCC(=O)NC2CC2)cc1)N1CCOC(C2CCCO2)C1. The summed E-state index contributed by atoms with van der Waals surface area (Å²) in [6, 6.07) is 8.29. The summed E-state index contributed by atoms with van der Waals surface area (Å²) in [4.78, 5) is 18.4. The van der Waals surface area contributed by atoms with Gasteiger partial charge >= 0.3 is 0 Å². The number of hydrogen-bond donors (Lipinski definition) is 2. The number of amides is 1. The first-order valence-electron chi connectivity index (χ1n) is 11.4. The summed E-state index contributed by atoms with van der Waals surface area (Å²) in [5.74, 6) is 1.58. The number of ether oxygens (including phenoxy) is 3. The molecule has 2 atom stereocenters. The summed E-state index contributed by atoms with van der Waals surface area (Å²) in [5, 5.41) is 6.40. The molecule has 3 fully saturated rings. The van der Waals surface area contributed by atoms with E-state index in [-0.39, 0.29) is 24.7 Å². The van der Waals surface area contributed by atoms with Crippen LogP contribution in [0.3, 0.4) is 0 Å². The number of aliphatic imine (C=N–C) groups is 1. The normalized spacial score (nSPS) is 24.2. The molecule has 4 rings (SSSR count). The topological polar surface area (TPSA) is 84.4 Å². The van der Waals surface area contributed by atoms with Crippen molar-refractivity contribution in [1.82, 2.24) is 15.5 Å². The number of rotatable bonds is 8. The molecule has 2 saturated heterocycles. The van der Waals surface area contributed by atoms with Crippen LogP contribution in [-0.2, 0) is 20.7 Å². The predicted octanol–water partition coefficient (Wildman–Crippen LogP) is 1.34. The molecule has 0 aromatic heterocycles. The van der Waals surface area contributed by atoms with Crippen molar-refractivity contribution in [2.45, 2.75) is 50.4 Å². The van der Waals surface area contributed by atoms with Crippen LogP contribution in [0.15, 0.2) is 29.3 Å². The molecule has 1 aromatic rings. The van der Waals surface area contributed by atoms with Crippen LogP contribution in [0.2, 0.25) is 0 Å². The van der Waals surface area contributed by atoms with E-state index in [9.17, 15) is 4.79 Å². The molecule has 170 valence electrons. The van der Waals surface area contributed by atoms with Gasteiger partial charge in [-0.25, -0.2) is 0 Å². The average molecular weight is 431 g/mol. The van der Waals surface area contributed by atoms with Crippen molar-refractivity contribution in [2.24, 2.45) is 4.99 Å². The lowest BCUT2D eigenvalue weighted by Crippen LogP contribution is -2.53. The van der Waals surface area contributed by atoms with Crippen LogP contribution in [0.4, 0.5) is 0 Å². The Morgan fingerprint density at radius 2 is 1.97 bits per heavy atom. The Labute approximate surface area is 184 Å². The molecule has 0 radical (unpaired) electrons. The van der Waals surface area contributed by atoms with Crippen LogP contribution in [0.1, 0.15) is 31.2 Å². The van der Waals surface area contributed by atoms with Gasteiger partial charge in [-0.2, -0.15) is 0 Å². The first-order chi connectivity index (χ1) is 15.2. The van der Waals surface area contributed by atoms with Gasteiger partial charge in [0, 0.05) is 39.3 Å². The van der Waals surface area contributed by atoms with E-state index in [1.54, 1.807) is 0 Å². The molecule has 2 N–H and O–H groups in total. The van der Waals surface area contributed by atoms with Crippen molar-refractivity contribution in [2.75, 3.05) is 46.5 Å². The Morgan fingerprint density at radius 1 is 1.16 bits per heavy atom. The van der Waals surface area contributed by atoms with Gasteiger partial charge in [0.1, 0.15) is 11.9 Å². The number of morpholine rings is 1. The van der Waals surface area contributed by atoms with Crippen LogP contribution in [-0.4, -0.2) is 81.5 Å². The number of hydrogen-bond acceptors (Lipinski definition) is 5. The van der Waals surface area contributed by atoms with E-state index in [0.29, 0.717) is 18.4 Å². The second-order valence-electron chi connectivity index (χ2n) is 8.41. The van der Waals surface area contributed by atoms with Crippen LogP contribution < -0.4 is 15.4 Å². The monoisotopic (exact) mass is 430 g/mol. The minimum Gasteiger partial charge on any atom is -0.484 e. The second-order valence-corrected chi connectivity index (χ2v) is 8.41. The second kappa shape index (κ2) is 10.8. The Balaban J connectivity index is 1.18. The molecule has 2 aliphatic heterocycles. The molecular formula is C23H34N4O4. The van der Waals surface area contributed by atoms with Gasteiger partial charge in [-0.3, -0.25) is 9.79 Å². The number of carbonyl (C=O) groups excluding carboxylic acids is 1. The zero-order valence-electron chi connectivity index (χ0n) is 18.3. The molecule has 0 spiro atoms. The maximum atomic E-state index is 11.7. The molecule has 1 aliphatic carbocycles. The van der Waals surface area contributed by atoms with E-state index in [2.05, 4.69) is 20.5 Å². The Kier molecular flexibility index (Phi) is 7.64. The molecule has 2 unspecified atom stereocenters. The number of nitrogens with zero attached hydrogens (tertiary/aromatic N) is 2. The summed E-state index contributed by atoms with van der Waals surface area (Å²) < 4.78 is 17.3. The molecule has 1 amide bonds. The van der Waals surface area contributed by atoms with Gasteiger partial charge in [0.15, 0.2) is 12.6 Å².